The molecule has 3 aromatic rings. The summed E-state index contributed by atoms with van der Waals surface area (Å²) in [7, 11) is 0. The molecule has 1 N–H and O–H groups in total. The van der Waals surface area contributed by atoms with Crippen LogP contribution in [0.4, 0.5) is 4.39 Å². The topological polar surface area (TPSA) is 46.0 Å². The summed E-state index contributed by atoms with van der Waals surface area (Å²) in [6, 6.07) is 5.80. The van der Waals surface area contributed by atoms with E-state index in [0.29, 0.717) is 16.7 Å². The summed E-state index contributed by atoms with van der Waals surface area (Å²) in [5.74, 6) is -0.399. The lowest BCUT2D eigenvalue weighted by Gasteiger charge is -1.89. The summed E-state index contributed by atoms with van der Waals surface area (Å²) in [4.78, 5) is 13.9. The molecule has 0 saturated carbocycles. The number of pyridine rings is 1. The van der Waals surface area contributed by atoms with Crippen molar-refractivity contribution >= 4 is 22.1 Å². The second-order valence-corrected chi connectivity index (χ2v) is 3.32. The maximum Gasteiger partial charge on any atom is 0.182 e. The molecule has 0 unspecified atom stereocenters. The van der Waals surface area contributed by atoms with Gasteiger partial charge in [-0.3, -0.25) is 4.79 Å². The molecule has 15 heavy (non-hydrogen) atoms. The van der Waals surface area contributed by atoms with Crippen molar-refractivity contribution in [2.24, 2.45) is 0 Å². The first kappa shape index (κ1) is 8.23. The van der Waals surface area contributed by atoms with Crippen LogP contribution in [0.2, 0.25) is 0 Å². The van der Waals surface area contributed by atoms with Gasteiger partial charge in [-0.25, -0.2) is 4.39 Å². The second kappa shape index (κ2) is 2.70. The van der Waals surface area contributed by atoms with Gasteiger partial charge in [0.2, 0.25) is 0 Å². The van der Waals surface area contributed by atoms with Gasteiger partial charge in [-0.2, -0.15) is 0 Å². The van der Waals surface area contributed by atoms with Crippen molar-refractivity contribution in [3.8, 4) is 0 Å². The lowest BCUT2D eigenvalue weighted by Crippen LogP contribution is -1.92. The van der Waals surface area contributed by atoms with Gasteiger partial charge in [0.15, 0.2) is 11.0 Å². The summed E-state index contributed by atoms with van der Waals surface area (Å²) >= 11 is 0. The van der Waals surface area contributed by atoms with Crippen molar-refractivity contribution in [2.45, 2.75) is 0 Å². The van der Waals surface area contributed by atoms with Crippen LogP contribution in [0.15, 0.2) is 39.7 Å². The first-order chi connectivity index (χ1) is 7.24. The Balaban J connectivity index is 2.57. The zero-order valence-corrected chi connectivity index (χ0v) is 7.58. The third-order valence-corrected chi connectivity index (χ3v) is 2.31. The molecule has 0 atom stereocenters. The minimum atomic E-state index is -0.399. The Morgan fingerprint density at radius 3 is 2.93 bits per heavy atom. The summed E-state index contributed by atoms with van der Waals surface area (Å²) in [5.41, 5.74) is 1.46. The number of hydrogen-bond acceptors (Lipinski definition) is 2. The number of aromatic amines is 1. The minimum Gasteiger partial charge on any atom is -0.454 e. The van der Waals surface area contributed by atoms with Gasteiger partial charge in [0.05, 0.1) is 5.52 Å². The van der Waals surface area contributed by atoms with Gasteiger partial charge in [-0.15, -0.1) is 0 Å². The van der Waals surface area contributed by atoms with E-state index < -0.39 is 5.82 Å². The van der Waals surface area contributed by atoms with E-state index >= 15 is 0 Å². The number of H-pyrrole nitrogens is 1. The number of benzene rings is 1. The van der Waals surface area contributed by atoms with Crippen LogP contribution in [0.1, 0.15) is 0 Å². The van der Waals surface area contributed by atoms with Crippen LogP contribution in [0.3, 0.4) is 0 Å². The number of rotatable bonds is 0. The summed E-state index contributed by atoms with van der Waals surface area (Å²) in [6.45, 7) is 0. The zero-order valence-electron chi connectivity index (χ0n) is 7.58. The fraction of sp³-hybridized carbons (Fsp3) is 0. The molecular weight excluding hydrogens is 197 g/mol. The van der Waals surface area contributed by atoms with Crippen molar-refractivity contribution in [1.29, 1.82) is 0 Å². The van der Waals surface area contributed by atoms with Crippen molar-refractivity contribution in [3.05, 3.63) is 46.5 Å². The number of furan rings is 1. The fourth-order valence-corrected chi connectivity index (χ4v) is 1.65. The molecule has 3 rings (SSSR count). The number of fused-ring (bicyclic) bond motifs is 3. The first-order valence-electron chi connectivity index (χ1n) is 4.44. The predicted octanol–water partition coefficient (Wildman–Crippen LogP) is 2.41. The van der Waals surface area contributed by atoms with E-state index in [4.69, 9.17) is 4.42 Å². The molecule has 0 saturated heterocycles. The van der Waals surface area contributed by atoms with Gasteiger partial charge in [0, 0.05) is 23.7 Å². The van der Waals surface area contributed by atoms with Crippen molar-refractivity contribution < 1.29 is 8.81 Å². The van der Waals surface area contributed by atoms with E-state index in [1.54, 1.807) is 6.07 Å². The van der Waals surface area contributed by atoms with Crippen LogP contribution in [0, 0.1) is 5.82 Å². The molecule has 0 aliphatic rings. The molecule has 0 bridgehead atoms. The average molecular weight is 203 g/mol. The first-order valence-corrected chi connectivity index (χ1v) is 4.44. The highest BCUT2D eigenvalue weighted by molar-refractivity contribution is 6.01. The Kier molecular flexibility index (Phi) is 1.48. The van der Waals surface area contributed by atoms with Crippen LogP contribution in [-0.2, 0) is 0 Å². The van der Waals surface area contributed by atoms with Crippen molar-refractivity contribution in [2.75, 3.05) is 0 Å². The number of hydrogen-bond donors (Lipinski definition) is 1. The third kappa shape index (κ3) is 1.15. The van der Waals surface area contributed by atoms with Crippen LogP contribution in [0.25, 0.3) is 22.1 Å². The Bertz CT molecular complexity index is 711. The van der Waals surface area contributed by atoms with E-state index in [1.807, 2.05) is 0 Å². The van der Waals surface area contributed by atoms with Gasteiger partial charge in [0.25, 0.3) is 0 Å². The van der Waals surface area contributed by atoms with Crippen LogP contribution >= 0.6 is 0 Å². The van der Waals surface area contributed by atoms with E-state index in [1.165, 1.54) is 24.4 Å². The van der Waals surface area contributed by atoms with E-state index in [9.17, 15) is 9.18 Å². The molecule has 2 aromatic heterocycles. The Morgan fingerprint density at radius 2 is 2.07 bits per heavy atom. The Morgan fingerprint density at radius 1 is 1.20 bits per heavy atom. The summed E-state index contributed by atoms with van der Waals surface area (Å²) in [6.07, 6.45) is 1.25. The molecule has 3 nitrogen and oxygen atoms in total. The van der Waals surface area contributed by atoms with E-state index in [-0.39, 0.29) is 5.43 Å². The van der Waals surface area contributed by atoms with E-state index in [0.717, 1.165) is 5.39 Å². The molecule has 0 amide bonds. The number of nitrogens with one attached hydrogen (secondary N) is 1. The molecule has 4 heteroatoms. The van der Waals surface area contributed by atoms with Gasteiger partial charge in [-0.05, 0) is 12.1 Å². The Hall–Kier alpha value is -2.10. The molecule has 0 radical (unpaired) electrons. The highest BCUT2D eigenvalue weighted by Gasteiger charge is 2.07. The van der Waals surface area contributed by atoms with Gasteiger partial charge in [-0.1, -0.05) is 0 Å². The standard InChI is InChI=1S/C11H6FNO2/c12-6-3-10-11(13-5-6)8-2-1-7(14)4-9(8)15-10/h1-5,13H. The van der Waals surface area contributed by atoms with Gasteiger partial charge >= 0.3 is 0 Å². The van der Waals surface area contributed by atoms with Crippen LogP contribution in [0.5, 0.6) is 0 Å². The smallest absolute Gasteiger partial charge is 0.182 e. The quantitative estimate of drug-likeness (QED) is 0.609. The number of aromatic nitrogens is 1. The van der Waals surface area contributed by atoms with Crippen molar-refractivity contribution in [1.82, 2.24) is 4.98 Å². The highest BCUT2D eigenvalue weighted by atomic mass is 19.1. The SMILES string of the molecule is O=c1ccc2c(c1)oc1cc(F)c[nH]c12. The predicted molar refractivity (Wildman–Crippen MR) is 54.3 cm³/mol. The molecule has 0 fully saturated rings. The third-order valence-electron chi connectivity index (χ3n) is 2.31. The number of halogens is 1. The van der Waals surface area contributed by atoms with Crippen molar-refractivity contribution in [3.63, 3.8) is 0 Å². The van der Waals surface area contributed by atoms with Gasteiger partial charge < -0.3 is 9.40 Å². The maximum atomic E-state index is 12.9. The average Bonchev–Trinajstić information content (AvgIpc) is 2.53. The lowest BCUT2D eigenvalue weighted by atomic mass is 10.2. The minimum absolute atomic E-state index is 0.123. The molecule has 0 aliphatic carbocycles. The summed E-state index contributed by atoms with van der Waals surface area (Å²) < 4.78 is 18.2. The van der Waals surface area contributed by atoms with Gasteiger partial charge in [0.1, 0.15) is 11.4 Å². The molecular formula is C11H6FNO2. The molecule has 2 heterocycles. The zero-order chi connectivity index (χ0) is 10.4. The van der Waals surface area contributed by atoms with Crippen LogP contribution in [-0.4, -0.2) is 4.98 Å². The molecule has 0 spiro atoms. The van der Waals surface area contributed by atoms with E-state index in [2.05, 4.69) is 4.98 Å². The second-order valence-electron chi connectivity index (χ2n) is 3.32. The molecule has 0 aliphatic heterocycles. The molecule has 1 aromatic carbocycles. The monoisotopic (exact) mass is 203 g/mol. The fourth-order valence-electron chi connectivity index (χ4n) is 1.65. The Labute approximate surface area is 83.1 Å². The highest BCUT2D eigenvalue weighted by Crippen LogP contribution is 2.25. The maximum absolute atomic E-state index is 12.9. The lowest BCUT2D eigenvalue weighted by molar-refractivity contribution is 0.612. The summed E-state index contributed by atoms with van der Waals surface area (Å²) in [5, 5.41) is 0.782. The molecule has 74 valence electrons. The normalized spacial score (nSPS) is 11.3. The van der Waals surface area contributed by atoms with Crippen LogP contribution < -0.4 is 5.43 Å². The largest absolute Gasteiger partial charge is 0.454 e.